The number of amides is 1. The highest BCUT2D eigenvalue weighted by atomic mass is 16.5. The third-order valence-electron chi connectivity index (χ3n) is 2.71. The Bertz CT molecular complexity index is 371. The number of ether oxygens (including phenoxy) is 1. The third kappa shape index (κ3) is 3.54. The van der Waals surface area contributed by atoms with Crippen molar-refractivity contribution in [2.45, 2.75) is 6.54 Å². The summed E-state index contributed by atoms with van der Waals surface area (Å²) < 4.78 is 6.95. The average Bonchev–Trinajstić information content (AvgIpc) is 2.76. The highest BCUT2D eigenvalue weighted by Gasteiger charge is 2.15. The number of hydrogen-bond acceptors (Lipinski definition) is 4. The van der Waals surface area contributed by atoms with Crippen molar-refractivity contribution >= 4 is 5.91 Å². The van der Waals surface area contributed by atoms with Gasteiger partial charge in [-0.15, -0.1) is 0 Å². The van der Waals surface area contributed by atoms with E-state index in [0.29, 0.717) is 39.4 Å². The molecule has 0 aliphatic carbocycles. The Morgan fingerprint density at radius 3 is 2.94 bits per heavy atom. The zero-order valence-corrected chi connectivity index (χ0v) is 10.1. The van der Waals surface area contributed by atoms with E-state index in [-0.39, 0.29) is 5.91 Å². The van der Waals surface area contributed by atoms with E-state index in [1.54, 1.807) is 4.68 Å². The lowest BCUT2D eigenvalue weighted by Gasteiger charge is -2.26. The maximum atomic E-state index is 11.8. The number of carbonyl (C=O) groups excluding carboxylic acids is 1. The fraction of sp³-hybridized carbons (Fsp3) is 0.636. The smallest absolute Gasteiger partial charge is 0.236 e. The first-order chi connectivity index (χ1) is 8.25. The molecule has 1 fully saturated rings. The Labute approximate surface area is 101 Å². The number of hydrogen-bond donors (Lipinski definition) is 1. The quantitative estimate of drug-likeness (QED) is 0.758. The van der Waals surface area contributed by atoms with Crippen molar-refractivity contribution in [1.82, 2.24) is 20.0 Å². The summed E-state index contributed by atoms with van der Waals surface area (Å²) in [4.78, 5) is 13.6. The van der Waals surface area contributed by atoms with Crippen LogP contribution in [0.5, 0.6) is 0 Å². The number of aryl methyl sites for hydroxylation is 1. The Balaban J connectivity index is 1.69. The largest absolute Gasteiger partial charge is 0.378 e. The second-order valence-electron chi connectivity index (χ2n) is 4.08. The van der Waals surface area contributed by atoms with Crippen LogP contribution in [0.15, 0.2) is 12.3 Å². The van der Waals surface area contributed by atoms with Gasteiger partial charge in [-0.2, -0.15) is 5.10 Å². The lowest BCUT2D eigenvalue weighted by Crippen LogP contribution is -2.44. The number of rotatable bonds is 4. The van der Waals surface area contributed by atoms with Crippen LogP contribution in [0.3, 0.4) is 0 Å². The molecule has 1 amide bonds. The maximum Gasteiger partial charge on any atom is 0.236 e. The molecule has 17 heavy (non-hydrogen) atoms. The van der Waals surface area contributed by atoms with Crippen molar-refractivity contribution in [2.24, 2.45) is 7.05 Å². The monoisotopic (exact) mass is 238 g/mol. The van der Waals surface area contributed by atoms with Crippen molar-refractivity contribution in [3.05, 3.63) is 18.0 Å². The molecular formula is C11H18N4O2. The Morgan fingerprint density at radius 1 is 1.53 bits per heavy atom. The van der Waals surface area contributed by atoms with Crippen LogP contribution in [0, 0.1) is 0 Å². The van der Waals surface area contributed by atoms with Gasteiger partial charge in [-0.3, -0.25) is 9.48 Å². The molecule has 2 heterocycles. The average molecular weight is 238 g/mol. The van der Waals surface area contributed by atoms with Crippen LogP contribution in [0.4, 0.5) is 0 Å². The number of nitrogens with zero attached hydrogens (tertiary/aromatic N) is 3. The highest BCUT2D eigenvalue weighted by molar-refractivity contribution is 5.78. The standard InChI is InChI=1S/C11H18N4O2/c1-14-3-2-10(13-14)8-12-9-11(16)15-4-6-17-7-5-15/h2-3,12H,4-9H2,1H3. The molecule has 2 rings (SSSR count). The maximum absolute atomic E-state index is 11.8. The van der Waals surface area contributed by atoms with Gasteiger partial charge in [0, 0.05) is 32.9 Å². The van der Waals surface area contributed by atoms with E-state index in [9.17, 15) is 4.79 Å². The van der Waals surface area contributed by atoms with Gasteiger partial charge in [0.05, 0.1) is 25.5 Å². The molecule has 1 aromatic rings. The van der Waals surface area contributed by atoms with Crippen LogP contribution >= 0.6 is 0 Å². The van der Waals surface area contributed by atoms with Crippen LogP contribution in [-0.2, 0) is 23.1 Å². The van der Waals surface area contributed by atoms with E-state index in [1.165, 1.54) is 0 Å². The Hall–Kier alpha value is -1.40. The van der Waals surface area contributed by atoms with Gasteiger partial charge in [0.1, 0.15) is 0 Å². The van der Waals surface area contributed by atoms with Gasteiger partial charge in [0.15, 0.2) is 0 Å². The van der Waals surface area contributed by atoms with Crippen molar-refractivity contribution < 1.29 is 9.53 Å². The number of morpholine rings is 1. The summed E-state index contributed by atoms with van der Waals surface area (Å²) in [5, 5.41) is 7.33. The Kier molecular flexibility index (Phi) is 4.11. The summed E-state index contributed by atoms with van der Waals surface area (Å²) >= 11 is 0. The fourth-order valence-corrected chi connectivity index (χ4v) is 1.78. The minimum atomic E-state index is 0.129. The van der Waals surface area contributed by atoms with Crippen LogP contribution in [0.2, 0.25) is 0 Å². The van der Waals surface area contributed by atoms with E-state index in [2.05, 4.69) is 10.4 Å². The summed E-state index contributed by atoms with van der Waals surface area (Å²) in [5.41, 5.74) is 0.947. The summed E-state index contributed by atoms with van der Waals surface area (Å²) in [6, 6.07) is 1.94. The van der Waals surface area contributed by atoms with E-state index in [0.717, 1.165) is 5.69 Å². The van der Waals surface area contributed by atoms with Gasteiger partial charge in [-0.1, -0.05) is 0 Å². The fourth-order valence-electron chi connectivity index (χ4n) is 1.78. The first-order valence-corrected chi connectivity index (χ1v) is 5.80. The molecule has 0 atom stereocenters. The molecule has 1 aromatic heterocycles. The first-order valence-electron chi connectivity index (χ1n) is 5.80. The predicted molar refractivity (Wildman–Crippen MR) is 62.3 cm³/mol. The van der Waals surface area contributed by atoms with Crippen molar-refractivity contribution in [3.63, 3.8) is 0 Å². The van der Waals surface area contributed by atoms with E-state index in [1.807, 2.05) is 24.2 Å². The number of nitrogens with one attached hydrogen (secondary N) is 1. The van der Waals surface area contributed by atoms with Crippen molar-refractivity contribution in [3.8, 4) is 0 Å². The second kappa shape index (κ2) is 5.79. The molecule has 1 N–H and O–H groups in total. The molecule has 94 valence electrons. The minimum Gasteiger partial charge on any atom is -0.378 e. The summed E-state index contributed by atoms with van der Waals surface area (Å²) in [7, 11) is 1.88. The predicted octanol–water partition coefficient (Wildman–Crippen LogP) is -0.631. The minimum absolute atomic E-state index is 0.129. The van der Waals surface area contributed by atoms with Crippen molar-refractivity contribution in [1.29, 1.82) is 0 Å². The molecule has 6 heteroatoms. The molecule has 0 aromatic carbocycles. The summed E-state index contributed by atoms with van der Waals surface area (Å²) in [5.74, 6) is 0.129. The van der Waals surface area contributed by atoms with Gasteiger partial charge in [-0.25, -0.2) is 0 Å². The topological polar surface area (TPSA) is 59.4 Å². The summed E-state index contributed by atoms with van der Waals surface area (Å²) in [6.07, 6.45) is 1.89. The molecule has 0 spiro atoms. The van der Waals surface area contributed by atoms with Gasteiger partial charge >= 0.3 is 0 Å². The number of carbonyl (C=O) groups is 1. The molecule has 1 aliphatic rings. The van der Waals surface area contributed by atoms with E-state index < -0.39 is 0 Å². The van der Waals surface area contributed by atoms with Crippen LogP contribution in [0.25, 0.3) is 0 Å². The normalized spacial score (nSPS) is 16.2. The molecular weight excluding hydrogens is 220 g/mol. The molecule has 0 saturated carbocycles. The lowest BCUT2D eigenvalue weighted by molar-refractivity contribution is -0.134. The van der Waals surface area contributed by atoms with Crippen LogP contribution < -0.4 is 5.32 Å². The van der Waals surface area contributed by atoms with E-state index in [4.69, 9.17) is 4.74 Å². The zero-order chi connectivity index (χ0) is 12.1. The van der Waals surface area contributed by atoms with Crippen LogP contribution in [0.1, 0.15) is 5.69 Å². The van der Waals surface area contributed by atoms with Gasteiger partial charge < -0.3 is 15.0 Å². The van der Waals surface area contributed by atoms with Gasteiger partial charge in [-0.05, 0) is 6.07 Å². The molecule has 1 aliphatic heterocycles. The van der Waals surface area contributed by atoms with Crippen LogP contribution in [-0.4, -0.2) is 53.4 Å². The molecule has 0 radical (unpaired) electrons. The SMILES string of the molecule is Cn1ccc(CNCC(=O)N2CCOCC2)n1. The lowest BCUT2D eigenvalue weighted by atomic mass is 10.4. The summed E-state index contributed by atoms with van der Waals surface area (Å²) in [6.45, 7) is 3.67. The molecule has 0 bridgehead atoms. The third-order valence-corrected chi connectivity index (χ3v) is 2.71. The highest BCUT2D eigenvalue weighted by Crippen LogP contribution is 1.97. The van der Waals surface area contributed by atoms with Gasteiger partial charge in [0.25, 0.3) is 0 Å². The molecule has 1 saturated heterocycles. The van der Waals surface area contributed by atoms with Gasteiger partial charge in [0.2, 0.25) is 5.91 Å². The van der Waals surface area contributed by atoms with Crippen molar-refractivity contribution in [2.75, 3.05) is 32.8 Å². The molecule has 0 unspecified atom stereocenters. The molecule has 6 nitrogen and oxygen atoms in total. The second-order valence-corrected chi connectivity index (χ2v) is 4.08. The van der Waals surface area contributed by atoms with E-state index >= 15 is 0 Å². The zero-order valence-electron chi connectivity index (χ0n) is 10.1. The number of aromatic nitrogens is 2. The first kappa shape index (κ1) is 12.1. The Morgan fingerprint density at radius 2 is 2.29 bits per heavy atom.